The van der Waals surface area contributed by atoms with E-state index < -0.39 is 0 Å². The molecule has 0 heterocycles. The molecule has 0 aromatic heterocycles. The fourth-order valence-corrected chi connectivity index (χ4v) is 2.51. The molecule has 0 radical (unpaired) electrons. The van der Waals surface area contributed by atoms with Crippen LogP contribution in [0.4, 0.5) is 0 Å². The second-order valence-corrected chi connectivity index (χ2v) is 6.02. The predicted octanol–water partition coefficient (Wildman–Crippen LogP) is 3.61. The maximum atomic E-state index is 10.0. The van der Waals surface area contributed by atoms with Gasteiger partial charge in [0, 0.05) is 19.6 Å². The second-order valence-electron chi connectivity index (χ2n) is 6.02. The van der Waals surface area contributed by atoms with Crippen molar-refractivity contribution in [3.05, 3.63) is 35.4 Å². The zero-order chi connectivity index (χ0) is 14.3. The van der Waals surface area contributed by atoms with Crippen molar-refractivity contribution in [3.8, 4) is 0 Å². The average Bonchev–Trinajstić information content (AvgIpc) is 2.27. The molecule has 2 nitrogen and oxygen atoms in total. The maximum Gasteiger partial charge on any atom is 0.0667 e. The van der Waals surface area contributed by atoms with E-state index in [9.17, 15) is 5.11 Å². The predicted molar refractivity (Wildman–Crippen MR) is 82.2 cm³/mol. The number of hydrogen-bond donors (Lipinski definition) is 1. The molecule has 1 rings (SSSR count). The van der Waals surface area contributed by atoms with Crippen LogP contribution in [0.1, 0.15) is 44.7 Å². The molecule has 0 saturated carbocycles. The van der Waals surface area contributed by atoms with Crippen LogP contribution in [-0.4, -0.2) is 29.2 Å². The number of aryl methyl sites for hydroxylation is 1. The van der Waals surface area contributed by atoms with Gasteiger partial charge in [-0.15, -0.1) is 0 Å². The van der Waals surface area contributed by atoms with Gasteiger partial charge in [0.15, 0.2) is 0 Å². The SMILES string of the molecule is CCCC(O)CN(Cc1cccc(C)c1)CC(C)C. The Bertz CT molecular complexity index is 362. The summed E-state index contributed by atoms with van der Waals surface area (Å²) in [5.74, 6) is 0.624. The highest BCUT2D eigenvalue weighted by Gasteiger charge is 2.13. The van der Waals surface area contributed by atoms with Gasteiger partial charge in [-0.2, -0.15) is 0 Å². The van der Waals surface area contributed by atoms with Crippen molar-refractivity contribution in [2.75, 3.05) is 13.1 Å². The van der Waals surface area contributed by atoms with Gasteiger partial charge in [0.1, 0.15) is 0 Å². The van der Waals surface area contributed by atoms with Crippen molar-refractivity contribution in [3.63, 3.8) is 0 Å². The summed E-state index contributed by atoms with van der Waals surface area (Å²) in [5, 5.41) is 10.0. The lowest BCUT2D eigenvalue weighted by molar-refractivity contribution is 0.0944. The van der Waals surface area contributed by atoms with Crippen LogP contribution in [0, 0.1) is 12.8 Å². The Morgan fingerprint density at radius 2 is 1.95 bits per heavy atom. The fourth-order valence-electron chi connectivity index (χ4n) is 2.51. The zero-order valence-electron chi connectivity index (χ0n) is 12.9. The summed E-state index contributed by atoms with van der Waals surface area (Å²) in [6.07, 6.45) is 1.73. The summed E-state index contributed by atoms with van der Waals surface area (Å²) in [6.45, 7) is 11.5. The molecule has 0 amide bonds. The Labute approximate surface area is 118 Å². The first kappa shape index (κ1) is 16.2. The Balaban J connectivity index is 2.63. The standard InChI is InChI=1S/C17H29NO/c1-5-7-17(19)13-18(11-14(2)3)12-16-9-6-8-15(4)10-16/h6,8-10,14,17,19H,5,7,11-13H2,1-4H3. The zero-order valence-corrected chi connectivity index (χ0v) is 12.9. The van der Waals surface area contributed by atoms with Gasteiger partial charge < -0.3 is 5.11 Å². The molecule has 0 aliphatic rings. The number of aliphatic hydroxyl groups excluding tert-OH is 1. The minimum atomic E-state index is -0.200. The van der Waals surface area contributed by atoms with Crippen LogP contribution in [-0.2, 0) is 6.54 Å². The highest BCUT2D eigenvalue weighted by Crippen LogP contribution is 2.11. The molecular weight excluding hydrogens is 234 g/mol. The molecule has 0 spiro atoms. The Morgan fingerprint density at radius 3 is 2.53 bits per heavy atom. The lowest BCUT2D eigenvalue weighted by Gasteiger charge is -2.27. The maximum absolute atomic E-state index is 10.0. The van der Waals surface area contributed by atoms with Crippen LogP contribution >= 0.6 is 0 Å². The number of benzene rings is 1. The van der Waals surface area contributed by atoms with E-state index in [4.69, 9.17) is 0 Å². The average molecular weight is 263 g/mol. The van der Waals surface area contributed by atoms with Gasteiger partial charge in [-0.25, -0.2) is 0 Å². The monoisotopic (exact) mass is 263 g/mol. The fraction of sp³-hybridized carbons (Fsp3) is 0.647. The largest absolute Gasteiger partial charge is 0.392 e. The van der Waals surface area contributed by atoms with Crippen molar-refractivity contribution in [1.29, 1.82) is 0 Å². The molecule has 0 aliphatic heterocycles. The van der Waals surface area contributed by atoms with Gasteiger partial charge in [-0.1, -0.05) is 57.0 Å². The summed E-state index contributed by atoms with van der Waals surface area (Å²) >= 11 is 0. The molecule has 0 fully saturated rings. The van der Waals surface area contributed by atoms with Gasteiger partial charge in [0.2, 0.25) is 0 Å². The van der Waals surface area contributed by atoms with Crippen LogP contribution < -0.4 is 0 Å². The normalized spacial score (nSPS) is 13.2. The van der Waals surface area contributed by atoms with E-state index in [2.05, 4.69) is 56.9 Å². The highest BCUT2D eigenvalue weighted by atomic mass is 16.3. The lowest BCUT2D eigenvalue weighted by atomic mass is 10.1. The molecule has 2 heteroatoms. The van der Waals surface area contributed by atoms with E-state index in [0.717, 1.165) is 32.5 Å². The first-order valence-electron chi connectivity index (χ1n) is 7.47. The Morgan fingerprint density at radius 1 is 1.21 bits per heavy atom. The molecule has 0 bridgehead atoms. The summed E-state index contributed by atoms with van der Waals surface area (Å²) in [4.78, 5) is 2.37. The summed E-state index contributed by atoms with van der Waals surface area (Å²) < 4.78 is 0. The second kappa shape index (κ2) is 8.34. The lowest BCUT2D eigenvalue weighted by Crippen LogP contribution is -2.34. The number of rotatable bonds is 8. The molecule has 19 heavy (non-hydrogen) atoms. The van der Waals surface area contributed by atoms with Crippen molar-refractivity contribution in [2.24, 2.45) is 5.92 Å². The van der Waals surface area contributed by atoms with Crippen LogP contribution in [0.2, 0.25) is 0 Å². The molecule has 1 N–H and O–H groups in total. The first-order valence-corrected chi connectivity index (χ1v) is 7.47. The smallest absolute Gasteiger partial charge is 0.0667 e. The molecule has 1 aromatic carbocycles. The van der Waals surface area contributed by atoms with Crippen molar-refractivity contribution in [2.45, 2.75) is 53.2 Å². The van der Waals surface area contributed by atoms with Crippen molar-refractivity contribution in [1.82, 2.24) is 4.90 Å². The van der Waals surface area contributed by atoms with Gasteiger partial charge in [-0.3, -0.25) is 4.90 Å². The molecule has 108 valence electrons. The van der Waals surface area contributed by atoms with Crippen molar-refractivity contribution < 1.29 is 5.11 Å². The third-order valence-corrected chi connectivity index (χ3v) is 3.20. The van der Waals surface area contributed by atoms with Gasteiger partial charge in [-0.05, 0) is 24.8 Å². The summed E-state index contributed by atoms with van der Waals surface area (Å²) in [5.41, 5.74) is 2.64. The van der Waals surface area contributed by atoms with Crippen molar-refractivity contribution >= 4 is 0 Å². The van der Waals surface area contributed by atoms with E-state index in [0.29, 0.717) is 5.92 Å². The van der Waals surface area contributed by atoms with E-state index in [1.807, 2.05) is 0 Å². The highest BCUT2D eigenvalue weighted by molar-refractivity contribution is 5.22. The number of hydrogen-bond acceptors (Lipinski definition) is 2. The molecule has 0 saturated heterocycles. The molecule has 1 aromatic rings. The minimum Gasteiger partial charge on any atom is -0.392 e. The third kappa shape index (κ3) is 6.74. The topological polar surface area (TPSA) is 23.5 Å². The van der Waals surface area contributed by atoms with Crippen LogP contribution in [0.25, 0.3) is 0 Å². The van der Waals surface area contributed by atoms with E-state index in [1.54, 1.807) is 0 Å². The third-order valence-electron chi connectivity index (χ3n) is 3.20. The number of aliphatic hydroxyl groups is 1. The molecule has 1 unspecified atom stereocenters. The van der Waals surface area contributed by atoms with Crippen LogP contribution in [0.3, 0.4) is 0 Å². The van der Waals surface area contributed by atoms with Gasteiger partial charge in [0.05, 0.1) is 6.10 Å². The first-order chi connectivity index (χ1) is 9.01. The minimum absolute atomic E-state index is 0.200. The number of nitrogens with zero attached hydrogens (tertiary/aromatic N) is 1. The molecule has 0 aliphatic carbocycles. The molecule has 1 atom stereocenters. The summed E-state index contributed by atoms with van der Waals surface area (Å²) in [7, 11) is 0. The Kier molecular flexibility index (Phi) is 7.11. The van der Waals surface area contributed by atoms with Crippen LogP contribution in [0.5, 0.6) is 0 Å². The molecular formula is C17H29NO. The van der Waals surface area contributed by atoms with E-state index in [-0.39, 0.29) is 6.10 Å². The quantitative estimate of drug-likeness (QED) is 0.774. The van der Waals surface area contributed by atoms with Gasteiger partial charge in [0.25, 0.3) is 0 Å². The van der Waals surface area contributed by atoms with Gasteiger partial charge >= 0.3 is 0 Å². The summed E-state index contributed by atoms with van der Waals surface area (Å²) in [6, 6.07) is 8.65. The Hall–Kier alpha value is -0.860. The van der Waals surface area contributed by atoms with Crippen LogP contribution in [0.15, 0.2) is 24.3 Å². The van der Waals surface area contributed by atoms with E-state index >= 15 is 0 Å². The van der Waals surface area contributed by atoms with E-state index in [1.165, 1.54) is 11.1 Å².